The molecule has 106 valence electrons. The second-order valence-corrected chi connectivity index (χ2v) is 5.51. The summed E-state index contributed by atoms with van der Waals surface area (Å²) in [6.07, 6.45) is 8.33. The quantitative estimate of drug-likeness (QED) is 0.453. The molecule has 0 unspecified atom stereocenters. The summed E-state index contributed by atoms with van der Waals surface area (Å²) in [5.41, 5.74) is -0.340. The third-order valence-electron chi connectivity index (χ3n) is 3.26. The van der Waals surface area contributed by atoms with Crippen LogP contribution < -0.4 is 5.32 Å². The molecular formula is C14H28N2O2. The van der Waals surface area contributed by atoms with Crippen LogP contribution in [-0.2, 0) is 4.79 Å². The minimum absolute atomic E-state index is 0.0275. The van der Waals surface area contributed by atoms with Crippen molar-refractivity contribution in [3.63, 3.8) is 0 Å². The van der Waals surface area contributed by atoms with Crippen LogP contribution in [0.2, 0.25) is 0 Å². The molecule has 0 rings (SSSR count). The highest BCUT2D eigenvalue weighted by atomic mass is 16.3. The van der Waals surface area contributed by atoms with Crippen molar-refractivity contribution in [2.75, 3.05) is 13.1 Å². The van der Waals surface area contributed by atoms with E-state index >= 15 is 0 Å². The Balaban J connectivity index is 3.70. The van der Waals surface area contributed by atoms with Gasteiger partial charge < -0.3 is 5.32 Å². The Morgan fingerprint density at radius 1 is 1.11 bits per heavy atom. The lowest BCUT2D eigenvalue weighted by Gasteiger charge is -2.23. The minimum atomic E-state index is -0.340. The fraction of sp³-hybridized carbons (Fsp3) is 0.929. The molecule has 0 aromatic rings. The van der Waals surface area contributed by atoms with Gasteiger partial charge in [0.2, 0.25) is 5.91 Å². The van der Waals surface area contributed by atoms with Gasteiger partial charge in [0.25, 0.3) is 0 Å². The number of hydrogen-bond acceptors (Lipinski definition) is 3. The van der Waals surface area contributed by atoms with E-state index in [1.54, 1.807) is 0 Å². The highest BCUT2D eigenvalue weighted by Gasteiger charge is 2.26. The van der Waals surface area contributed by atoms with Crippen molar-refractivity contribution in [1.29, 1.82) is 0 Å². The summed E-state index contributed by atoms with van der Waals surface area (Å²) in [6.45, 7) is 6.63. The zero-order valence-corrected chi connectivity index (χ0v) is 12.1. The minimum Gasteiger partial charge on any atom is -0.354 e. The number of rotatable bonds is 11. The molecule has 1 N–H and O–H groups in total. The lowest BCUT2D eigenvalue weighted by atomic mass is 9.85. The predicted octanol–water partition coefficient (Wildman–Crippen LogP) is 3.65. The van der Waals surface area contributed by atoms with Crippen LogP contribution in [0.15, 0.2) is 5.18 Å². The highest BCUT2D eigenvalue weighted by Crippen LogP contribution is 2.24. The molecule has 0 heterocycles. The summed E-state index contributed by atoms with van der Waals surface area (Å²) in [7, 11) is 0. The average molecular weight is 256 g/mol. The summed E-state index contributed by atoms with van der Waals surface area (Å²) in [5.74, 6) is 0.0275. The first-order valence-electron chi connectivity index (χ1n) is 7.12. The highest BCUT2D eigenvalue weighted by molar-refractivity contribution is 5.81. The van der Waals surface area contributed by atoms with Crippen molar-refractivity contribution < 1.29 is 4.79 Å². The Labute approximate surface area is 111 Å². The Kier molecular flexibility index (Phi) is 9.52. The van der Waals surface area contributed by atoms with E-state index in [1.807, 2.05) is 13.8 Å². The van der Waals surface area contributed by atoms with Crippen LogP contribution in [0.1, 0.15) is 65.7 Å². The first-order valence-corrected chi connectivity index (χ1v) is 7.12. The monoisotopic (exact) mass is 256 g/mol. The number of carbonyl (C=O) groups is 1. The molecule has 0 aliphatic rings. The number of nitrogens with zero attached hydrogens (tertiary/aromatic N) is 1. The summed E-state index contributed by atoms with van der Waals surface area (Å²) in [6, 6.07) is 0. The van der Waals surface area contributed by atoms with E-state index in [0.717, 1.165) is 12.8 Å². The maximum atomic E-state index is 11.9. The summed E-state index contributed by atoms with van der Waals surface area (Å²) < 4.78 is 0. The van der Waals surface area contributed by atoms with E-state index in [2.05, 4.69) is 17.4 Å². The number of unbranched alkanes of at least 4 members (excludes halogenated alkanes) is 5. The fourth-order valence-electron chi connectivity index (χ4n) is 1.92. The molecule has 0 aliphatic carbocycles. The summed E-state index contributed by atoms with van der Waals surface area (Å²) in [4.78, 5) is 21.8. The smallest absolute Gasteiger partial charge is 0.225 e. The van der Waals surface area contributed by atoms with Crippen molar-refractivity contribution >= 4 is 5.91 Å². The molecule has 1 amide bonds. The van der Waals surface area contributed by atoms with Crippen LogP contribution in [-0.4, -0.2) is 19.0 Å². The second kappa shape index (κ2) is 10.0. The molecule has 0 aromatic heterocycles. The van der Waals surface area contributed by atoms with Gasteiger partial charge in [0.05, 0.1) is 6.54 Å². The predicted molar refractivity (Wildman–Crippen MR) is 75.4 cm³/mol. The van der Waals surface area contributed by atoms with Gasteiger partial charge in [0, 0.05) is 12.0 Å². The van der Waals surface area contributed by atoms with Gasteiger partial charge in [-0.1, -0.05) is 64.5 Å². The van der Waals surface area contributed by atoms with E-state index < -0.39 is 0 Å². The molecular weight excluding hydrogens is 228 g/mol. The molecule has 4 heteroatoms. The number of amides is 1. The Morgan fingerprint density at radius 2 is 1.72 bits per heavy atom. The molecule has 0 bridgehead atoms. The second-order valence-electron chi connectivity index (χ2n) is 5.51. The van der Waals surface area contributed by atoms with Crippen molar-refractivity contribution in [2.45, 2.75) is 65.7 Å². The fourth-order valence-corrected chi connectivity index (χ4v) is 1.92. The lowest BCUT2D eigenvalue weighted by Crippen LogP contribution is -2.38. The molecule has 0 spiro atoms. The molecule has 0 saturated heterocycles. The number of hydrogen-bond donors (Lipinski definition) is 1. The Bertz CT molecular complexity index is 240. The van der Waals surface area contributed by atoms with E-state index in [1.165, 1.54) is 32.1 Å². The Hall–Kier alpha value is -0.930. The van der Waals surface area contributed by atoms with Gasteiger partial charge in [-0.15, -0.1) is 0 Å². The maximum absolute atomic E-state index is 11.9. The van der Waals surface area contributed by atoms with Crippen molar-refractivity contribution in [3.8, 4) is 0 Å². The average Bonchev–Trinajstić information content (AvgIpc) is 2.33. The van der Waals surface area contributed by atoms with Gasteiger partial charge >= 0.3 is 0 Å². The number of carbonyl (C=O) groups excluding carboxylic acids is 1. The van der Waals surface area contributed by atoms with Gasteiger partial charge in [-0.05, 0) is 6.42 Å². The van der Waals surface area contributed by atoms with Crippen LogP contribution in [0.4, 0.5) is 0 Å². The standard InChI is InChI=1S/C14H28N2O2/c1-4-5-6-7-8-9-10-14(2,3)13(17)15-11-12-16-18/h4-12H2,1-3H3,(H,15,17). The van der Waals surface area contributed by atoms with Crippen LogP contribution in [0, 0.1) is 10.3 Å². The largest absolute Gasteiger partial charge is 0.354 e. The molecule has 0 saturated carbocycles. The third kappa shape index (κ3) is 8.20. The summed E-state index contributed by atoms with van der Waals surface area (Å²) in [5, 5.41) is 5.48. The van der Waals surface area contributed by atoms with Gasteiger partial charge in [-0.2, -0.15) is 4.91 Å². The number of nitroso groups, excluding NO2 is 1. The number of nitrogens with one attached hydrogen (secondary N) is 1. The molecule has 0 radical (unpaired) electrons. The van der Waals surface area contributed by atoms with E-state index in [0.29, 0.717) is 6.54 Å². The van der Waals surface area contributed by atoms with Gasteiger partial charge in [0.15, 0.2) is 0 Å². The maximum Gasteiger partial charge on any atom is 0.225 e. The zero-order valence-electron chi connectivity index (χ0n) is 12.1. The molecule has 0 aliphatic heterocycles. The Morgan fingerprint density at radius 3 is 2.33 bits per heavy atom. The molecule has 4 nitrogen and oxygen atoms in total. The SMILES string of the molecule is CCCCCCCCC(C)(C)C(=O)NCCN=O. The normalized spacial score (nSPS) is 11.3. The van der Waals surface area contributed by atoms with Crippen LogP contribution >= 0.6 is 0 Å². The van der Waals surface area contributed by atoms with E-state index in [-0.39, 0.29) is 17.9 Å². The lowest BCUT2D eigenvalue weighted by molar-refractivity contribution is -0.129. The first kappa shape index (κ1) is 17.1. The van der Waals surface area contributed by atoms with Crippen molar-refractivity contribution in [2.24, 2.45) is 10.6 Å². The molecule has 0 atom stereocenters. The first-order chi connectivity index (χ1) is 8.54. The molecule has 18 heavy (non-hydrogen) atoms. The molecule has 0 fully saturated rings. The van der Waals surface area contributed by atoms with Crippen LogP contribution in [0.5, 0.6) is 0 Å². The van der Waals surface area contributed by atoms with Gasteiger partial charge in [-0.25, -0.2) is 0 Å². The topological polar surface area (TPSA) is 58.5 Å². The third-order valence-corrected chi connectivity index (χ3v) is 3.26. The van der Waals surface area contributed by atoms with Crippen molar-refractivity contribution in [3.05, 3.63) is 4.91 Å². The molecule has 0 aromatic carbocycles. The summed E-state index contributed by atoms with van der Waals surface area (Å²) >= 11 is 0. The van der Waals surface area contributed by atoms with E-state index in [4.69, 9.17) is 0 Å². The van der Waals surface area contributed by atoms with Crippen LogP contribution in [0.3, 0.4) is 0 Å². The zero-order chi connectivity index (χ0) is 13.9. The van der Waals surface area contributed by atoms with Crippen LogP contribution in [0.25, 0.3) is 0 Å². The van der Waals surface area contributed by atoms with Crippen molar-refractivity contribution in [1.82, 2.24) is 5.32 Å². The van der Waals surface area contributed by atoms with E-state index in [9.17, 15) is 9.70 Å². The van der Waals surface area contributed by atoms with Gasteiger partial charge in [-0.3, -0.25) is 4.79 Å². The van der Waals surface area contributed by atoms with Gasteiger partial charge in [0.1, 0.15) is 0 Å².